The Kier molecular flexibility index (Phi) is 3.97. The van der Waals surface area contributed by atoms with Crippen LogP contribution in [-0.4, -0.2) is 5.26 Å². The molecular formula is C14H18F2O2. The molecule has 1 saturated carbocycles. The molecule has 1 fully saturated rings. The fourth-order valence-corrected chi connectivity index (χ4v) is 2.60. The van der Waals surface area contributed by atoms with Crippen LogP contribution in [0.2, 0.25) is 0 Å². The molecule has 0 bridgehead atoms. The van der Waals surface area contributed by atoms with Gasteiger partial charge in [-0.15, -0.1) is 0 Å². The molecule has 1 aliphatic carbocycles. The van der Waals surface area contributed by atoms with E-state index in [2.05, 4.69) is 11.8 Å². The highest BCUT2D eigenvalue weighted by Crippen LogP contribution is 2.36. The quantitative estimate of drug-likeness (QED) is 0.636. The highest BCUT2D eigenvalue weighted by molar-refractivity contribution is 5.27. The molecule has 0 aliphatic heterocycles. The maximum absolute atomic E-state index is 13.0. The van der Waals surface area contributed by atoms with Crippen LogP contribution in [0, 0.1) is 5.92 Å². The van der Waals surface area contributed by atoms with Crippen molar-refractivity contribution in [2.45, 2.75) is 44.6 Å². The van der Waals surface area contributed by atoms with Crippen molar-refractivity contribution in [1.82, 2.24) is 0 Å². The van der Waals surface area contributed by atoms with E-state index in [4.69, 9.17) is 5.26 Å². The molecule has 1 aromatic rings. The summed E-state index contributed by atoms with van der Waals surface area (Å²) < 4.78 is 26.1. The molecule has 0 radical (unpaired) electrons. The summed E-state index contributed by atoms with van der Waals surface area (Å²) in [6.45, 7) is 2.25. The zero-order valence-electron chi connectivity index (χ0n) is 10.4. The second-order valence-electron chi connectivity index (χ2n) is 5.19. The second kappa shape index (κ2) is 5.33. The summed E-state index contributed by atoms with van der Waals surface area (Å²) in [4.78, 5) is 3.19. The van der Waals surface area contributed by atoms with E-state index in [1.165, 1.54) is 25.0 Å². The summed E-state index contributed by atoms with van der Waals surface area (Å²) >= 11 is 0. The summed E-state index contributed by atoms with van der Waals surface area (Å²) in [7, 11) is 0. The summed E-state index contributed by atoms with van der Waals surface area (Å²) in [6, 6.07) is 6.07. The van der Waals surface area contributed by atoms with Gasteiger partial charge in [-0.05, 0) is 42.4 Å². The van der Waals surface area contributed by atoms with E-state index in [0.717, 1.165) is 24.3 Å². The third-order valence-electron chi connectivity index (χ3n) is 3.85. The fourth-order valence-electron chi connectivity index (χ4n) is 2.60. The van der Waals surface area contributed by atoms with E-state index in [9.17, 15) is 8.78 Å². The predicted molar refractivity (Wildman–Crippen MR) is 64.4 cm³/mol. The molecule has 2 nitrogen and oxygen atoms in total. The third kappa shape index (κ3) is 2.87. The lowest BCUT2D eigenvalue weighted by atomic mass is 9.79. The molecule has 0 aromatic heterocycles. The molecule has 4 heteroatoms. The standard InChI is InChI=1S/C14H18F2O2/c1-10-2-4-11(5-3-10)12-6-8-13(9-7-12)14(15,16)18-17/h6-11,17H,2-5H2,1H3. The van der Waals surface area contributed by atoms with E-state index in [1.54, 1.807) is 12.1 Å². The van der Waals surface area contributed by atoms with Gasteiger partial charge in [-0.3, -0.25) is 0 Å². The van der Waals surface area contributed by atoms with Crippen LogP contribution in [0.25, 0.3) is 0 Å². The lowest BCUT2D eigenvalue weighted by Gasteiger charge is -2.26. The van der Waals surface area contributed by atoms with E-state index in [1.807, 2.05) is 0 Å². The van der Waals surface area contributed by atoms with Crippen molar-refractivity contribution in [3.05, 3.63) is 35.4 Å². The van der Waals surface area contributed by atoms with Crippen molar-refractivity contribution < 1.29 is 18.9 Å². The zero-order chi connectivity index (χ0) is 13.2. The Hall–Kier alpha value is -1.00. The molecule has 2 rings (SSSR count). The monoisotopic (exact) mass is 256 g/mol. The van der Waals surface area contributed by atoms with Crippen LogP contribution in [0.4, 0.5) is 8.78 Å². The average Bonchev–Trinajstić information content (AvgIpc) is 2.40. The first kappa shape index (κ1) is 13.4. The summed E-state index contributed by atoms with van der Waals surface area (Å²) in [5.74, 6) is 1.24. The molecule has 0 atom stereocenters. The average molecular weight is 256 g/mol. The van der Waals surface area contributed by atoms with E-state index >= 15 is 0 Å². The number of hydrogen-bond acceptors (Lipinski definition) is 2. The predicted octanol–water partition coefficient (Wildman–Crippen LogP) is 4.52. The maximum Gasteiger partial charge on any atom is 0.407 e. The topological polar surface area (TPSA) is 29.5 Å². The van der Waals surface area contributed by atoms with Gasteiger partial charge in [0, 0.05) is 0 Å². The molecule has 1 aliphatic rings. The lowest BCUT2D eigenvalue weighted by Crippen LogP contribution is -2.16. The molecule has 0 spiro atoms. The SMILES string of the molecule is CC1CCC(c2ccc(C(F)(F)OO)cc2)CC1. The molecule has 0 saturated heterocycles. The van der Waals surface area contributed by atoms with Crippen LogP contribution in [0.5, 0.6) is 0 Å². The second-order valence-corrected chi connectivity index (χ2v) is 5.19. The molecule has 0 unspecified atom stereocenters. The Morgan fingerprint density at radius 2 is 1.67 bits per heavy atom. The smallest absolute Gasteiger partial charge is 0.246 e. The van der Waals surface area contributed by atoms with Crippen LogP contribution < -0.4 is 0 Å². The Bertz CT molecular complexity index is 381. The minimum atomic E-state index is -3.63. The van der Waals surface area contributed by atoms with Gasteiger partial charge in [-0.25, -0.2) is 5.26 Å². The van der Waals surface area contributed by atoms with E-state index in [-0.39, 0.29) is 5.56 Å². The van der Waals surface area contributed by atoms with Gasteiger partial charge >= 0.3 is 6.11 Å². The Labute approximate surface area is 106 Å². The minimum absolute atomic E-state index is 0.321. The van der Waals surface area contributed by atoms with Gasteiger partial charge in [0.25, 0.3) is 0 Å². The van der Waals surface area contributed by atoms with Crippen molar-refractivity contribution in [2.24, 2.45) is 5.92 Å². The summed E-state index contributed by atoms with van der Waals surface area (Å²) in [5.41, 5.74) is 0.775. The van der Waals surface area contributed by atoms with Gasteiger partial charge in [0.1, 0.15) is 0 Å². The normalized spacial score (nSPS) is 25.1. The Balaban J connectivity index is 2.08. The van der Waals surface area contributed by atoms with Crippen LogP contribution in [-0.2, 0) is 11.0 Å². The van der Waals surface area contributed by atoms with Gasteiger partial charge in [-0.2, -0.15) is 13.7 Å². The molecule has 1 N–H and O–H groups in total. The van der Waals surface area contributed by atoms with Crippen LogP contribution >= 0.6 is 0 Å². The Morgan fingerprint density at radius 3 is 2.17 bits per heavy atom. The molecule has 100 valence electrons. The van der Waals surface area contributed by atoms with Crippen molar-refractivity contribution in [3.63, 3.8) is 0 Å². The van der Waals surface area contributed by atoms with Crippen LogP contribution in [0.3, 0.4) is 0 Å². The summed E-state index contributed by atoms with van der Waals surface area (Å²) in [5, 5.41) is 8.14. The lowest BCUT2D eigenvalue weighted by molar-refractivity contribution is -0.423. The van der Waals surface area contributed by atoms with Crippen molar-refractivity contribution in [2.75, 3.05) is 0 Å². The first-order chi connectivity index (χ1) is 8.53. The van der Waals surface area contributed by atoms with Crippen LogP contribution in [0.15, 0.2) is 24.3 Å². The molecular weight excluding hydrogens is 238 g/mol. The first-order valence-corrected chi connectivity index (χ1v) is 6.34. The number of hydrogen-bond donors (Lipinski definition) is 1. The van der Waals surface area contributed by atoms with Gasteiger partial charge < -0.3 is 0 Å². The minimum Gasteiger partial charge on any atom is -0.246 e. The van der Waals surface area contributed by atoms with Gasteiger partial charge in [0.15, 0.2) is 0 Å². The van der Waals surface area contributed by atoms with Gasteiger partial charge in [-0.1, -0.05) is 31.9 Å². The highest BCUT2D eigenvalue weighted by atomic mass is 19.3. The van der Waals surface area contributed by atoms with Crippen molar-refractivity contribution in [1.29, 1.82) is 0 Å². The molecule has 1 aromatic carbocycles. The number of benzene rings is 1. The largest absolute Gasteiger partial charge is 0.407 e. The maximum atomic E-state index is 13.0. The number of alkyl halides is 2. The van der Waals surface area contributed by atoms with Crippen molar-refractivity contribution in [3.8, 4) is 0 Å². The van der Waals surface area contributed by atoms with Crippen LogP contribution in [0.1, 0.15) is 49.7 Å². The van der Waals surface area contributed by atoms with E-state index < -0.39 is 6.11 Å². The number of rotatable bonds is 3. The highest BCUT2D eigenvalue weighted by Gasteiger charge is 2.33. The molecule has 0 heterocycles. The van der Waals surface area contributed by atoms with Crippen molar-refractivity contribution >= 4 is 0 Å². The van der Waals surface area contributed by atoms with Gasteiger partial charge in [0.05, 0.1) is 5.56 Å². The summed E-state index contributed by atoms with van der Waals surface area (Å²) in [6.07, 6.45) is 1.01. The Morgan fingerprint density at radius 1 is 1.11 bits per heavy atom. The van der Waals surface area contributed by atoms with E-state index in [0.29, 0.717) is 5.92 Å². The fraction of sp³-hybridized carbons (Fsp3) is 0.571. The molecule has 0 amide bonds. The third-order valence-corrected chi connectivity index (χ3v) is 3.85. The molecule has 18 heavy (non-hydrogen) atoms. The first-order valence-electron chi connectivity index (χ1n) is 6.34. The zero-order valence-corrected chi connectivity index (χ0v) is 10.4. The van der Waals surface area contributed by atoms with Gasteiger partial charge in [0.2, 0.25) is 0 Å². The number of halogens is 2.